The van der Waals surface area contributed by atoms with Gasteiger partial charge in [0.25, 0.3) is 0 Å². The first-order valence-electron chi connectivity index (χ1n) is 5.54. The second-order valence-corrected chi connectivity index (χ2v) is 5.00. The smallest absolute Gasteiger partial charge is 0.243 e. The van der Waals surface area contributed by atoms with Crippen molar-refractivity contribution >= 4 is 27.5 Å². The largest absolute Gasteiger partial charge is 0.378 e. The van der Waals surface area contributed by atoms with E-state index in [-0.39, 0.29) is 11.9 Å². The van der Waals surface area contributed by atoms with Crippen LogP contribution in [-0.4, -0.2) is 31.7 Å². The molecule has 1 aromatic rings. The van der Waals surface area contributed by atoms with Crippen LogP contribution >= 0.6 is 15.9 Å². The molecule has 0 saturated carbocycles. The van der Waals surface area contributed by atoms with Gasteiger partial charge in [0, 0.05) is 16.7 Å². The van der Waals surface area contributed by atoms with Crippen molar-refractivity contribution in [1.29, 1.82) is 0 Å². The molecule has 2 N–H and O–H groups in total. The molecule has 1 aliphatic rings. The molecule has 2 rings (SSSR count). The molecule has 0 aromatic heterocycles. The molecule has 1 fully saturated rings. The fourth-order valence-electron chi connectivity index (χ4n) is 1.77. The molecule has 1 heterocycles. The van der Waals surface area contributed by atoms with E-state index in [0.717, 1.165) is 22.3 Å². The molecule has 5 heteroatoms. The SMILES string of the molecule is Cc1cc(Br)cc(NC(=O)C2COCCN2)c1. The molecule has 0 spiro atoms. The number of carbonyl (C=O) groups is 1. The zero-order valence-electron chi connectivity index (χ0n) is 9.63. The van der Waals surface area contributed by atoms with Crippen LogP contribution in [0.3, 0.4) is 0 Å². The molecule has 1 unspecified atom stereocenters. The quantitative estimate of drug-likeness (QED) is 0.873. The van der Waals surface area contributed by atoms with Crippen LogP contribution in [0.15, 0.2) is 22.7 Å². The van der Waals surface area contributed by atoms with Crippen molar-refractivity contribution in [2.45, 2.75) is 13.0 Å². The third kappa shape index (κ3) is 3.52. The minimum Gasteiger partial charge on any atom is -0.378 e. The monoisotopic (exact) mass is 298 g/mol. The number of rotatable bonds is 2. The van der Waals surface area contributed by atoms with Crippen LogP contribution in [-0.2, 0) is 9.53 Å². The molecule has 92 valence electrons. The maximum absolute atomic E-state index is 11.9. The summed E-state index contributed by atoms with van der Waals surface area (Å²) in [4.78, 5) is 11.9. The number of aryl methyl sites for hydroxylation is 1. The number of morpholine rings is 1. The summed E-state index contributed by atoms with van der Waals surface area (Å²) < 4.78 is 6.21. The van der Waals surface area contributed by atoms with E-state index < -0.39 is 0 Å². The second-order valence-electron chi connectivity index (χ2n) is 4.09. The summed E-state index contributed by atoms with van der Waals surface area (Å²) in [5.74, 6) is -0.0535. The van der Waals surface area contributed by atoms with Gasteiger partial charge in [0.1, 0.15) is 6.04 Å². The highest BCUT2D eigenvalue weighted by molar-refractivity contribution is 9.10. The van der Waals surface area contributed by atoms with Crippen LogP contribution < -0.4 is 10.6 Å². The zero-order valence-corrected chi connectivity index (χ0v) is 11.2. The first kappa shape index (κ1) is 12.5. The Hall–Kier alpha value is -0.910. The average Bonchev–Trinajstić information content (AvgIpc) is 2.28. The zero-order chi connectivity index (χ0) is 12.3. The van der Waals surface area contributed by atoms with Crippen LogP contribution in [0.4, 0.5) is 5.69 Å². The summed E-state index contributed by atoms with van der Waals surface area (Å²) in [6, 6.07) is 5.56. The van der Waals surface area contributed by atoms with Crippen LogP contribution in [0.1, 0.15) is 5.56 Å². The molecule has 1 aromatic carbocycles. The third-order valence-electron chi connectivity index (χ3n) is 2.55. The second kappa shape index (κ2) is 5.62. The van der Waals surface area contributed by atoms with Crippen molar-refractivity contribution < 1.29 is 9.53 Å². The van der Waals surface area contributed by atoms with Gasteiger partial charge in [0.2, 0.25) is 5.91 Å². The summed E-state index contributed by atoms with van der Waals surface area (Å²) in [5, 5.41) is 6.00. The van der Waals surface area contributed by atoms with Crippen LogP contribution in [0, 0.1) is 6.92 Å². The van der Waals surface area contributed by atoms with Gasteiger partial charge in [0.05, 0.1) is 13.2 Å². The lowest BCUT2D eigenvalue weighted by Crippen LogP contribution is -2.48. The van der Waals surface area contributed by atoms with E-state index in [2.05, 4.69) is 26.6 Å². The fraction of sp³-hybridized carbons (Fsp3) is 0.417. The lowest BCUT2D eigenvalue weighted by Gasteiger charge is -2.23. The highest BCUT2D eigenvalue weighted by atomic mass is 79.9. The van der Waals surface area contributed by atoms with Gasteiger partial charge in [0.15, 0.2) is 0 Å². The molecule has 0 bridgehead atoms. The lowest BCUT2D eigenvalue weighted by molar-refractivity contribution is -0.120. The number of benzene rings is 1. The van der Waals surface area contributed by atoms with Crippen LogP contribution in [0.2, 0.25) is 0 Å². The van der Waals surface area contributed by atoms with Crippen molar-refractivity contribution in [3.63, 3.8) is 0 Å². The molecule has 1 saturated heterocycles. The van der Waals surface area contributed by atoms with E-state index in [1.807, 2.05) is 25.1 Å². The van der Waals surface area contributed by atoms with Crippen LogP contribution in [0.5, 0.6) is 0 Å². The van der Waals surface area contributed by atoms with Gasteiger partial charge < -0.3 is 15.4 Å². The maximum atomic E-state index is 11.9. The molecule has 4 nitrogen and oxygen atoms in total. The number of halogens is 1. The Bertz CT molecular complexity index is 397. The van der Waals surface area contributed by atoms with Crippen LogP contribution in [0.25, 0.3) is 0 Å². The molecule has 1 atom stereocenters. The van der Waals surface area contributed by atoms with Crippen molar-refractivity contribution in [2.24, 2.45) is 0 Å². The normalized spacial score (nSPS) is 20.0. The highest BCUT2D eigenvalue weighted by Gasteiger charge is 2.21. The Kier molecular flexibility index (Phi) is 4.15. The maximum Gasteiger partial charge on any atom is 0.243 e. The van der Waals surface area contributed by atoms with Gasteiger partial charge in [-0.1, -0.05) is 15.9 Å². The van der Waals surface area contributed by atoms with Gasteiger partial charge in [-0.05, 0) is 30.7 Å². The number of hydrogen-bond acceptors (Lipinski definition) is 3. The molecule has 0 aliphatic carbocycles. The number of nitrogens with one attached hydrogen (secondary N) is 2. The summed E-state index contributed by atoms with van der Waals surface area (Å²) in [6.45, 7) is 3.80. The molecule has 0 radical (unpaired) electrons. The summed E-state index contributed by atoms with van der Waals surface area (Å²) in [7, 11) is 0. The van der Waals surface area contributed by atoms with Crippen molar-refractivity contribution in [3.8, 4) is 0 Å². The van der Waals surface area contributed by atoms with Crippen molar-refractivity contribution in [1.82, 2.24) is 5.32 Å². The predicted octanol–water partition coefficient (Wildman–Crippen LogP) is 1.68. The van der Waals surface area contributed by atoms with Gasteiger partial charge >= 0.3 is 0 Å². The van der Waals surface area contributed by atoms with Gasteiger partial charge in [-0.3, -0.25) is 4.79 Å². The summed E-state index contributed by atoms with van der Waals surface area (Å²) in [5.41, 5.74) is 1.90. The fourth-order valence-corrected chi connectivity index (χ4v) is 2.38. The lowest BCUT2D eigenvalue weighted by atomic mass is 10.2. The minimum atomic E-state index is -0.261. The Labute approximate surface area is 109 Å². The number of carbonyl (C=O) groups excluding carboxylic acids is 1. The highest BCUT2D eigenvalue weighted by Crippen LogP contribution is 2.19. The Balaban J connectivity index is 2.01. The van der Waals surface area contributed by atoms with E-state index in [4.69, 9.17) is 4.74 Å². The number of amides is 1. The van der Waals surface area contributed by atoms with E-state index in [9.17, 15) is 4.79 Å². The topological polar surface area (TPSA) is 50.4 Å². The standard InChI is InChI=1S/C12H15BrN2O2/c1-8-4-9(13)6-10(5-8)15-12(16)11-7-17-3-2-14-11/h4-6,11,14H,2-3,7H2,1H3,(H,15,16). The van der Waals surface area contributed by atoms with E-state index in [1.165, 1.54) is 0 Å². The average molecular weight is 299 g/mol. The van der Waals surface area contributed by atoms with E-state index in [1.54, 1.807) is 0 Å². The molecule has 17 heavy (non-hydrogen) atoms. The van der Waals surface area contributed by atoms with Crippen molar-refractivity contribution in [3.05, 3.63) is 28.2 Å². The number of anilines is 1. The Morgan fingerprint density at radius 2 is 2.35 bits per heavy atom. The predicted molar refractivity (Wildman–Crippen MR) is 70.1 cm³/mol. The summed E-state index contributed by atoms with van der Waals surface area (Å²) in [6.07, 6.45) is 0. The first-order valence-corrected chi connectivity index (χ1v) is 6.33. The van der Waals surface area contributed by atoms with E-state index in [0.29, 0.717) is 13.2 Å². The molecular formula is C12H15BrN2O2. The molecular weight excluding hydrogens is 284 g/mol. The van der Waals surface area contributed by atoms with E-state index >= 15 is 0 Å². The summed E-state index contributed by atoms with van der Waals surface area (Å²) >= 11 is 3.41. The van der Waals surface area contributed by atoms with Gasteiger partial charge in [-0.2, -0.15) is 0 Å². The van der Waals surface area contributed by atoms with Crippen molar-refractivity contribution in [2.75, 3.05) is 25.1 Å². The minimum absolute atomic E-state index is 0.0535. The molecule has 1 aliphatic heterocycles. The first-order chi connectivity index (χ1) is 8.15. The number of hydrogen-bond donors (Lipinski definition) is 2. The molecule has 1 amide bonds. The van der Waals surface area contributed by atoms with Gasteiger partial charge in [-0.15, -0.1) is 0 Å². The van der Waals surface area contributed by atoms with Gasteiger partial charge in [-0.25, -0.2) is 0 Å². The Morgan fingerprint density at radius 1 is 1.53 bits per heavy atom. The third-order valence-corrected chi connectivity index (χ3v) is 3.01. The number of ether oxygens (including phenoxy) is 1. The Morgan fingerprint density at radius 3 is 3.00 bits per heavy atom.